The number of hydrogen-bond acceptors (Lipinski definition) is 0. The largest absolute Gasteiger partial charge is 0.117 e. The Bertz CT molecular complexity index is 617. The molecule has 0 nitrogen and oxygen atoms in total. The zero-order chi connectivity index (χ0) is 13.5. The quantitative estimate of drug-likeness (QED) is 0.674. The zero-order valence-electron chi connectivity index (χ0n) is 11.6. The van der Waals surface area contributed by atoms with E-state index >= 15 is 0 Å². The van der Waals surface area contributed by atoms with Crippen molar-refractivity contribution < 1.29 is 0 Å². The first kappa shape index (κ1) is 12.5. The van der Waals surface area contributed by atoms with Gasteiger partial charge in [-0.1, -0.05) is 48.5 Å². The van der Waals surface area contributed by atoms with Gasteiger partial charge in [0, 0.05) is 0 Å². The summed E-state index contributed by atoms with van der Waals surface area (Å²) in [7, 11) is 0. The second kappa shape index (κ2) is 4.93. The lowest BCUT2D eigenvalue weighted by Crippen LogP contribution is -1.97. The van der Waals surface area contributed by atoms with Crippen molar-refractivity contribution in [3.63, 3.8) is 0 Å². The van der Waals surface area contributed by atoms with Gasteiger partial charge in [-0.05, 0) is 59.8 Å². The molecule has 2 aliphatic carbocycles. The van der Waals surface area contributed by atoms with Crippen LogP contribution in [0.5, 0.6) is 0 Å². The number of halogens is 1. The predicted molar refractivity (Wildman–Crippen MR) is 84.4 cm³/mol. The van der Waals surface area contributed by atoms with E-state index in [9.17, 15) is 0 Å². The first-order valence-electron chi connectivity index (χ1n) is 7.63. The molecule has 0 heterocycles. The van der Waals surface area contributed by atoms with Crippen LogP contribution in [0.3, 0.4) is 0 Å². The number of alkyl halides is 1. The average molecular weight is 283 g/mol. The molecule has 4 rings (SSSR count). The molecule has 0 aromatic heterocycles. The number of aryl methyl sites for hydroxylation is 2. The molecule has 0 amide bonds. The highest BCUT2D eigenvalue weighted by atomic mass is 35.5. The van der Waals surface area contributed by atoms with E-state index in [2.05, 4.69) is 48.5 Å². The molecule has 0 saturated heterocycles. The molecule has 1 saturated carbocycles. The molecule has 0 aliphatic heterocycles. The van der Waals surface area contributed by atoms with Crippen molar-refractivity contribution in [2.75, 3.05) is 0 Å². The zero-order valence-corrected chi connectivity index (χ0v) is 12.3. The summed E-state index contributed by atoms with van der Waals surface area (Å²) >= 11 is 6.75. The van der Waals surface area contributed by atoms with E-state index in [1.54, 1.807) is 0 Å². The molecule has 2 aromatic carbocycles. The van der Waals surface area contributed by atoms with E-state index < -0.39 is 0 Å². The third-order valence-electron chi connectivity index (χ3n) is 4.88. The van der Waals surface area contributed by atoms with Crippen molar-refractivity contribution >= 4 is 11.6 Å². The Hall–Kier alpha value is -1.27. The van der Waals surface area contributed by atoms with Crippen LogP contribution in [-0.4, -0.2) is 0 Å². The lowest BCUT2D eigenvalue weighted by Gasteiger charge is -2.12. The van der Waals surface area contributed by atoms with Gasteiger partial charge in [-0.3, -0.25) is 0 Å². The molecule has 2 aliphatic rings. The van der Waals surface area contributed by atoms with Crippen LogP contribution < -0.4 is 0 Å². The third-order valence-corrected chi connectivity index (χ3v) is 5.46. The molecule has 3 unspecified atom stereocenters. The topological polar surface area (TPSA) is 0 Å². The van der Waals surface area contributed by atoms with Gasteiger partial charge in [-0.25, -0.2) is 0 Å². The highest BCUT2D eigenvalue weighted by molar-refractivity contribution is 6.21. The highest BCUT2D eigenvalue weighted by Gasteiger charge is 2.43. The minimum absolute atomic E-state index is 0.172. The Morgan fingerprint density at radius 1 is 0.950 bits per heavy atom. The smallest absolute Gasteiger partial charge is 0.0619 e. The van der Waals surface area contributed by atoms with Crippen molar-refractivity contribution in [2.24, 2.45) is 5.92 Å². The van der Waals surface area contributed by atoms with E-state index in [0.29, 0.717) is 11.8 Å². The summed E-state index contributed by atoms with van der Waals surface area (Å²) in [4.78, 5) is 0. The van der Waals surface area contributed by atoms with E-state index in [1.807, 2.05) is 0 Å². The Morgan fingerprint density at radius 2 is 1.75 bits per heavy atom. The van der Waals surface area contributed by atoms with E-state index in [4.69, 9.17) is 11.6 Å². The van der Waals surface area contributed by atoms with Gasteiger partial charge in [0.05, 0.1) is 5.38 Å². The second-order valence-corrected chi connectivity index (χ2v) is 6.67. The molecule has 0 radical (unpaired) electrons. The number of hydrogen-bond donors (Lipinski definition) is 0. The van der Waals surface area contributed by atoms with Crippen LogP contribution in [0, 0.1) is 5.92 Å². The summed E-state index contributed by atoms with van der Waals surface area (Å²) in [5.41, 5.74) is 5.85. The van der Waals surface area contributed by atoms with Crippen LogP contribution in [0.15, 0.2) is 48.5 Å². The summed E-state index contributed by atoms with van der Waals surface area (Å²) in [5, 5.41) is 0.172. The summed E-state index contributed by atoms with van der Waals surface area (Å²) in [6.07, 6.45) is 5.02. The Labute approximate surface area is 125 Å². The summed E-state index contributed by atoms with van der Waals surface area (Å²) in [6, 6.07) is 17.7. The van der Waals surface area contributed by atoms with Crippen molar-refractivity contribution in [2.45, 2.75) is 37.0 Å². The standard InChI is InChI=1S/C19H19Cl/c20-19(16-10-9-13-7-4-8-15(13)11-16)18-12-17(18)14-5-2-1-3-6-14/h1-3,5-6,9-11,17-19H,4,7-8,12H2. The first-order valence-corrected chi connectivity index (χ1v) is 8.07. The van der Waals surface area contributed by atoms with Gasteiger partial charge in [0.1, 0.15) is 0 Å². The highest BCUT2D eigenvalue weighted by Crippen LogP contribution is 2.56. The molecule has 102 valence electrons. The van der Waals surface area contributed by atoms with Crippen LogP contribution in [-0.2, 0) is 12.8 Å². The van der Waals surface area contributed by atoms with Crippen molar-refractivity contribution in [3.05, 3.63) is 70.8 Å². The molecule has 3 atom stereocenters. The molecular weight excluding hydrogens is 264 g/mol. The van der Waals surface area contributed by atoms with Gasteiger partial charge >= 0.3 is 0 Å². The number of rotatable bonds is 3. The second-order valence-electron chi connectivity index (χ2n) is 6.20. The van der Waals surface area contributed by atoms with Gasteiger partial charge in [-0.2, -0.15) is 0 Å². The van der Waals surface area contributed by atoms with Crippen LogP contribution in [0.1, 0.15) is 46.4 Å². The molecule has 1 fully saturated rings. The molecule has 20 heavy (non-hydrogen) atoms. The monoisotopic (exact) mass is 282 g/mol. The van der Waals surface area contributed by atoms with Crippen LogP contribution in [0.25, 0.3) is 0 Å². The van der Waals surface area contributed by atoms with Crippen molar-refractivity contribution in [3.8, 4) is 0 Å². The maximum absolute atomic E-state index is 6.75. The molecule has 0 N–H and O–H groups in total. The van der Waals surface area contributed by atoms with Crippen LogP contribution in [0.4, 0.5) is 0 Å². The molecule has 0 bridgehead atoms. The number of fused-ring (bicyclic) bond motifs is 1. The minimum atomic E-state index is 0.172. The minimum Gasteiger partial charge on any atom is -0.117 e. The maximum Gasteiger partial charge on any atom is 0.0619 e. The normalized spacial score (nSPS) is 25.2. The summed E-state index contributed by atoms with van der Waals surface area (Å²) in [5.74, 6) is 1.27. The van der Waals surface area contributed by atoms with E-state index in [0.717, 1.165) is 0 Å². The Balaban J connectivity index is 1.53. The average Bonchev–Trinajstić information content (AvgIpc) is 3.17. The van der Waals surface area contributed by atoms with Crippen molar-refractivity contribution in [1.29, 1.82) is 0 Å². The first-order chi connectivity index (χ1) is 9.83. The number of benzene rings is 2. The summed E-state index contributed by atoms with van der Waals surface area (Å²) < 4.78 is 0. The van der Waals surface area contributed by atoms with E-state index in [1.165, 1.54) is 47.9 Å². The molecule has 2 aromatic rings. The van der Waals surface area contributed by atoms with Crippen molar-refractivity contribution in [1.82, 2.24) is 0 Å². The van der Waals surface area contributed by atoms with Gasteiger partial charge < -0.3 is 0 Å². The van der Waals surface area contributed by atoms with Crippen LogP contribution >= 0.6 is 11.6 Å². The molecule has 0 spiro atoms. The maximum atomic E-state index is 6.75. The molecular formula is C19H19Cl. The van der Waals surface area contributed by atoms with Gasteiger partial charge in [0.2, 0.25) is 0 Å². The lowest BCUT2D eigenvalue weighted by atomic mass is 10.00. The third kappa shape index (κ3) is 2.16. The fraction of sp³-hybridized carbons (Fsp3) is 0.368. The van der Waals surface area contributed by atoms with Crippen LogP contribution in [0.2, 0.25) is 0 Å². The van der Waals surface area contributed by atoms with E-state index in [-0.39, 0.29) is 5.38 Å². The van der Waals surface area contributed by atoms with Gasteiger partial charge in [0.15, 0.2) is 0 Å². The predicted octanol–water partition coefficient (Wildman–Crippen LogP) is 5.26. The van der Waals surface area contributed by atoms with Gasteiger partial charge in [0.25, 0.3) is 0 Å². The fourth-order valence-corrected chi connectivity index (χ4v) is 4.05. The molecule has 1 heteroatoms. The summed E-state index contributed by atoms with van der Waals surface area (Å²) in [6.45, 7) is 0. The Morgan fingerprint density at radius 3 is 2.60 bits per heavy atom. The van der Waals surface area contributed by atoms with Gasteiger partial charge in [-0.15, -0.1) is 11.6 Å². The fourth-order valence-electron chi connectivity index (χ4n) is 3.63. The SMILES string of the molecule is ClC(c1ccc2c(c1)CCC2)C1CC1c1ccccc1. The lowest BCUT2D eigenvalue weighted by molar-refractivity contribution is 0.763. The Kier molecular flexibility index (Phi) is 3.07.